The van der Waals surface area contributed by atoms with Gasteiger partial charge in [0.25, 0.3) is 0 Å². The SMILES string of the molecule is Cc1nc(CN(C)C(=O)C2C3C(=O)N(Cc4cccnc4)C[C@]34C=C[C@H]2O4)cs1. The van der Waals surface area contributed by atoms with Crippen LogP contribution in [0.4, 0.5) is 0 Å². The van der Waals surface area contributed by atoms with Gasteiger partial charge in [0, 0.05) is 31.4 Å². The molecule has 150 valence electrons. The number of likely N-dealkylation sites (tertiary alicyclic amines) is 1. The van der Waals surface area contributed by atoms with Gasteiger partial charge in [0.05, 0.1) is 41.7 Å². The summed E-state index contributed by atoms with van der Waals surface area (Å²) in [6.07, 6.45) is 7.07. The summed E-state index contributed by atoms with van der Waals surface area (Å²) in [6, 6.07) is 3.81. The smallest absolute Gasteiger partial charge is 0.230 e. The first-order valence-corrected chi connectivity index (χ1v) is 10.6. The highest BCUT2D eigenvalue weighted by Crippen LogP contribution is 2.52. The van der Waals surface area contributed by atoms with Gasteiger partial charge in [-0.25, -0.2) is 4.98 Å². The number of thiazole rings is 1. The van der Waals surface area contributed by atoms with Gasteiger partial charge < -0.3 is 14.5 Å². The molecule has 0 aromatic carbocycles. The molecule has 4 atom stereocenters. The van der Waals surface area contributed by atoms with Crippen LogP contribution in [0.25, 0.3) is 0 Å². The second kappa shape index (κ2) is 6.74. The van der Waals surface area contributed by atoms with Gasteiger partial charge in [-0.15, -0.1) is 11.3 Å². The zero-order chi connectivity index (χ0) is 20.2. The van der Waals surface area contributed by atoms with Crippen molar-refractivity contribution in [1.82, 2.24) is 19.8 Å². The first-order valence-electron chi connectivity index (χ1n) is 9.68. The molecular formula is C21H22N4O3S. The molecule has 5 rings (SSSR count). The van der Waals surface area contributed by atoms with E-state index < -0.39 is 17.4 Å². The average molecular weight is 410 g/mol. The van der Waals surface area contributed by atoms with Gasteiger partial charge in [-0.05, 0) is 18.6 Å². The fraction of sp³-hybridized carbons (Fsp3) is 0.429. The molecule has 2 bridgehead atoms. The lowest BCUT2D eigenvalue weighted by Gasteiger charge is -2.27. The highest BCUT2D eigenvalue weighted by atomic mass is 32.1. The van der Waals surface area contributed by atoms with Crippen molar-refractivity contribution in [2.75, 3.05) is 13.6 Å². The van der Waals surface area contributed by atoms with Crippen molar-refractivity contribution in [1.29, 1.82) is 0 Å². The number of nitrogens with zero attached hydrogens (tertiary/aromatic N) is 4. The zero-order valence-corrected chi connectivity index (χ0v) is 17.1. The molecule has 0 N–H and O–H groups in total. The minimum Gasteiger partial charge on any atom is -0.360 e. The Balaban J connectivity index is 1.36. The summed E-state index contributed by atoms with van der Waals surface area (Å²) in [5.41, 5.74) is 1.14. The van der Waals surface area contributed by atoms with Crippen molar-refractivity contribution in [3.05, 3.63) is 58.3 Å². The van der Waals surface area contributed by atoms with E-state index in [0.717, 1.165) is 16.3 Å². The molecule has 7 nitrogen and oxygen atoms in total. The van der Waals surface area contributed by atoms with Crippen LogP contribution >= 0.6 is 11.3 Å². The Labute approximate surface area is 173 Å². The third kappa shape index (κ3) is 2.98. The second-order valence-electron chi connectivity index (χ2n) is 8.01. The number of amides is 2. The van der Waals surface area contributed by atoms with Gasteiger partial charge >= 0.3 is 0 Å². The summed E-state index contributed by atoms with van der Waals surface area (Å²) in [6.45, 7) is 3.32. The Hall–Kier alpha value is -2.58. The van der Waals surface area contributed by atoms with E-state index in [2.05, 4.69) is 9.97 Å². The summed E-state index contributed by atoms with van der Waals surface area (Å²) >= 11 is 1.57. The van der Waals surface area contributed by atoms with Crippen LogP contribution in [0.2, 0.25) is 0 Å². The van der Waals surface area contributed by atoms with Crippen molar-refractivity contribution in [3.63, 3.8) is 0 Å². The minimum absolute atomic E-state index is 0.0167. The van der Waals surface area contributed by atoms with Gasteiger partial charge in [-0.3, -0.25) is 14.6 Å². The second-order valence-corrected chi connectivity index (χ2v) is 9.07. The number of aromatic nitrogens is 2. The molecule has 2 amide bonds. The Morgan fingerprint density at radius 3 is 3.07 bits per heavy atom. The number of aryl methyl sites for hydroxylation is 1. The van der Waals surface area contributed by atoms with E-state index in [1.807, 2.05) is 36.6 Å². The highest BCUT2D eigenvalue weighted by molar-refractivity contribution is 7.09. The maximum absolute atomic E-state index is 13.3. The number of carbonyl (C=O) groups excluding carboxylic acids is 2. The van der Waals surface area contributed by atoms with Gasteiger partial charge in [0.15, 0.2) is 0 Å². The van der Waals surface area contributed by atoms with Crippen LogP contribution in [0.1, 0.15) is 16.3 Å². The minimum atomic E-state index is -0.692. The molecule has 2 saturated heterocycles. The van der Waals surface area contributed by atoms with Gasteiger partial charge in [-0.1, -0.05) is 18.2 Å². The number of ether oxygens (including phenoxy) is 1. The summed E-state index contributed by atoms with van der Waals surface area (Å²) in [7, 11) is 1.77. The lowest BCUT2D eigenvalue weighted by Crippen LogP contribution is -2.44. The lowest BCUT2D eigenvalue weighted by atomic mass is 9.76. The van der Waals surface area contributed by atoms with Crippen LogP contribution in [0.15, 0.2) is 42.1 Å². The third-order valence-corrected chi connectivity index (χ3v) is 6.82. The van der Waals surface area contributed by atoms with Crippen molar-refractivity contribution in [2.45, 2.75) is 31.7 Å². The third-order valence-electron chi connectivity index (χ3n) is 6.00. The van der Waals surface area contributed by atoms with E-state index in [-0.39, 0.29) is 17.9 Å². The van der Waals surface area contributed by atoms with E-state index in [9.17, 15) is 9.59 Å². The van der Waals surface area contributed by atoms with Crippen molar-refractivity contribution < 1.29 is 14.3 Å². The van der Waals surface area contributed by atoms with Crippen molar-refractivity contribution >= 4 is 23.2 Å². The first kappa shape index (κ1) is 18.4. The topological polar surface area (TPSA) is 75.6 Å². The molecule has 29 heavy (non-hydrogen) atoms. The van der Waals surface area contributed by atoms with E-state index in [0.29, 0.717) is 19.6 Å². The predicted molar refractivity (Wildman–Crippen MR) is 107 cm³/mol. The zero-order valence-electron chi connectivity index (χ0n) is 16.3. The lowest BCUT2D eigenvalue weighted by molar-refractivity contribution is -0.142. The Morgan fingerprint density at radius 2 is 2.34 bits per heavy atom. The van der Waals surface area contributed by atoms with Crippen LogP contribution in [0.5, 0.6) is 0 Å². The van der Waals surface area contributed by atoms with E-state index in [4.69, 9.17) is 4.74 Å². The van der Waals surface area contributed by atoms with E-state index in [1.54, 1.807) is 40.6 Å². The normalized spacial score (nSPS) is 29.5. The molecule has 0 saturated carbocycles. The van der Waals surface area contributed by atoms with Gasteiger partial charge in [0.2, 0.25) is 11.8 Å². The van der Waals surface area contributed by atoms with Gasteiger partial charge in [0.1, 0.15) is 5.60 Å². The quantitative estimate of drug-likeness (QED) is 0.703. The standard InChI is InChI=1S/C21H22N4O3S/c1-13-23-15(11-29-13)10-24(2)19(26)17-16-5-6-21(28-16)12-25(20(27)18(17)21)9-14-4-3-7-22-8-14/h3-8,11,16-18H,9-10,12H2,1-2H3/t16-,17?,18?,21-/m1/s1. The van der Waals surface area contributed by atoms with Crippen LogP contribution < -0.4 is 0 Å². The number of fused-ring (bicyclic) bond motifs is 1. The van der Waals surface area contributed by atoms with Gasteiger partial charge in [-0.2, -0.15) is 0 Å². The summed E-state index contributed by atoms with van der Waals surface area (Å²) in [5.74, 6) is -1.04. The fourth-order valence-electron chi connectivity index (χ4n) is 4.76. The monoisotopic (exact) mass is 410 g/mol. The van der Waals surface area contributed by atoms with Crippen LogP contribution in [-0.2, 0) is 27.4 Å². The van der Waals surface area contributed by atoms with Crippen LogP contribution in [0, 0.1) is 18.8 Å². The largest absolute Gasteiger partial charge is 0.360 e. The molecule has 0 aliphatic carbocycles. The number of hydrogen-bond acceptors (Lipinski definition) is 6. The van der Waals surface area contributed by atoms with Crippen molar-refractivity contribution in [2.24, 2.45) is 11.8 Å². The Morgan fingerprint density at radius 1 is 1.48 bits per heavy atom. The highest BCUT2D eigenvalue weighted by Gasteiger charge is 2.67. The Kier molecular flexibility index (Phi) is 4.29. The average Bonchev–Trinajstić information content (AvgIpc) is 3.44. The van der Waals surface area contributed by atoms with Crippen LogP contribution in [0.3, 0.4) is 0 Å². The molecule has 1 spiro atoms. The molecule has 2 aromatic heterocycles. The maximum atomic E-state index is 13.3. The number of hydrogen-bond donors (Lipinski definition) is 0. The fourth-order valence-corrected chi connectivity index (χ4v) is 5.37. The number of carbonyl (C=O) groups is 2. The van der Waals surface area contributed by atoms with E-state index >= 15 is 0 Å². The molecule has 3 aliphatic heterocycles. The summed E-state index contributed by atoms with van der Waals surface area (Å²) in [4.78, 5) is 38.6. The molecule has 5 heterocycles. The Bertz CT molecular complexity index is 991. The number of pyridine rings is 1. The maximum Gasteiger partial charge on any atom is 0.230 e. The van der Waals surface area contributed by atoms with Crippen molar-refractivity contribution in [3.8, 4) is 0 Å². The molecule has 2 fully saturated rings. The molecular weight excluding hydrogens is 388 g/mol. The summed E-state index contributed by atoms with van der Waals surface area (Å²) in [5, 5.41) is 2.94. The van der Waals surface area contributed by atoms with Crippen LogP contribution in [-0.4, -0.2) is 56.9 Å². The molecule has 3 aliphatic rings. The number of rotatable bonds is 5. The molecule has 2 unspecified atom stereocenters. The summed E-state index contributed by atoms with van der Waals surface area (Å²) < 4.78 is 6.21. The first-order chi connectivity index (χ1) is 14.0. The molecule has 0 radical (unpaired) electrons. The van der Waals surface area contributed by atoms with E-state index in [1.165, 1.54) is 0 Å². The molecule has 8 heteroatoms. The predicted octanol–water partition coefficient (Wildman–Crippen LogP) is 1.79. The molecule has 2 aromatic rings.